The predicted octanol–water partition coefficient (Wildman–Crippen LogP) is 1.48. The van der Waals surface area contributed by atoms with E-state index in [1.165, 1.54) is 0 Å². The highest BCUT2D eigenvalue weighted by Crippen LogP contribution is 2.40. The van der Waals surface area contributed by atoms with Crippen LogP contribution >= 0.6 is 0 Å². The molecule has 0 aromatic heterocycles. The van der Waals surface area contributed by atoms with Crippen LogP contribution in [-0.4, -0.2) is 40.9 Å². The number of aliphatic hydroxyl groups is 1. The first-order valence-electron chi connectivity index (χ1n) is 4.50. The van der Waals surface area contributed by atoms with Crippen molar-refractivity contribution >= 4 is 11.8 Å². The second-order valence-electron chi connectivity index (χ2n) is 3.29. The number of methoxy groups -OCH3 is 1. The van der Waals surface area contributed by atoms with Gasteiger partial charge in [0.05, 0.1) is 7.11 Å². The summed E-state index contributed by atoms with van der Waals surface area (Å²) in [5.74, 6) is 0. The number of hydrazone groups is 1. The quantitative estimate of drug-likeness (QED) is 0.755. The van der Waals surface area contributed by atoms with Crippen molar-refractivity contribution in [3.8, 4) is 0 Å². The van der Waals surface area contributed by atoms with Crippen LogP contribution in [0.3, 0.4) is 0 Å². The van der Waals surface area contributed by atoms with Crippen LogP contribution in [0.15, 0.2) is 5.10 Å². The number of rotatable bonds is 1. The maximum atomic E-state index is 12.6. The Morgan fingerprint density at radius 1 is 1.69 bits per heavy atom. The van der Waals surface area contributed by atoms with Crippen LogP contribution in [-0.2, 0) is 4.74 Å². The molecule has 0 radical (unpaired) electrons. The molecule has 0 saturated carbocycles. The van der Waals surface area contributed by atoms with E-state index in [0.29, 0.717) is 0 Å². The number of ether oxygens (including phenoxy) is 1. The number of amides is 1. The van der Waals surface area contributed by atoms with E-state index in [2.05, 4.69) is 9.84 Å². The first kappa shape index (κ1) is 12.8. The Kier molecular flexibility index (Phi) is 3.13. The summed E-state index contributed by atoms with van der Waals surface area (Å²) in [7, 11) is 0.915. The molecule has 1 atom stereocenters. The predicted molar refractivity (Wildman–Crippen MR) is 47.6 cm³/mol. The van der Waals surface area contributed by atoms with Gasteiger partial charge in [-0.1, -0.05) is 6.92 Å². The topological polar surface area (TPSA) is 62.1 Å². The molecule has 0 aromatic rings. The van der Waals surface area contributed by atoms with Gasteiger partial charge in [0.25, 0.3) is 5.72 Å². The highest BCUT2D eigenvalue weighted by Gasteiger charge is 2.63. The molecule has 1 unspecified atom stereocenters. The van der Waals surface area contributed by atoms with Gasteiger partial charge in [-0.25, -0.2) is 4.79 Å². The Morgan fingerprint density at radius 2 is 2.25 bits per heavy atom. The first-order valence-corrected chi connectivity index (χ1v) is 4.50. The summed E-state index contributed by atoms with van der Waals surface area (Å²) in [5, 5.41) is 12.8. The van der Waals surface area contributed by atoms with Crippen molar-refractivity contribution in [3.05, 3.63) is 0 Å². The molecule has 1 amide bonds. The first-order chi connectivity index (χ1) is 7.26. The van der Waals surface area contributed by atoms with Gasteiger partial charge in [-0.05, 0) is 6.42 Å². The third-order valence-electron chi connectivity index (χ3n) is 2.25. The number of nitrogens with zero attached hydrogens (tertiary/aromatic N) is 2. The minimum atomic E-state index is -4.98. The van der Waals surface area contributed by atoms with Crippen LogP contribution in [0.25, 0.3) is 0 Å². The van der Waals surface area contributed by atoms with E-state index in [1.54, 1.807) is 6.92 Å². The van der Waals surface area contributed by atoms with Gasteiger partial charge in [-0.2, -0.15) is 23.3 Å². The molecule has 1 aliphatic heterocycles. The fraction of sp³-hybridized carbons (Fsp3) is 0.750. The monoisotopic (exact) mass is 240 g/mol. The van der Waals surface area contributed by atoms with Crippen molar-refractivity contribution in [2.45, 2.75) is 31.7 Å². The summed E-state index contributed by atoms with van der Waals surface area (Å²) in [5.41, 5.74) is -3.21. The molecule has 0 fully saturated rings. The molecule has 1 N–H and O–H groups in total. The molecular formula is C8H11F3N2O3. The standard InChI is InChI=1S/C8H11F3N2O3/c1-3-5-4-7(15,8(9,10)11)13(12-5)6(14)16-2/h15H,3-4H2,1-2H3. The maximum absolute atomic E-state index is 12.6. The molecule has 0 aromatic carbocycles. The van der Waals surface area contributed by atoms with Gasteiger partial charge in [0.2, 0.25) is 0 Å². The van der Waals surface area contributed by atoms with Crippen molar-refractivity contribution < 1.29 is 27.8 Å². The Bertz CT molecular complexity index is 329. The Labute approximate surface area is 89.5 Å². The van der Waals surface area contributed by atoms with Crippen molar-refractivity contribution in [2.75, 3.05) is 7.11 Å². The molecule has 16 heavy (non-hydrogen) atoms. The van der Waals surface area contributed by atoms with Crippen molar-refractivity contribution in [3.63, 3.8) is 0 Å². The molecule has 1 aliphatic rings. The molecule has 0 aliphatic carbocycles. The number of hydrogen-bond donors (Lipinski definition) is 1. The molecular weight excluding hydrogens is 229 g/mol. The summed E-state index contributed by atoms with van der Waals surface area (Å²) in [6, 6.07) is 0. The second-order valence-corrected chi connectivity index (χ2v) is 3.29. The van der Waals surface area contributed by atoms with E-state index < -0.39 is 24.4 Å². The lowest BCUT2D eigenvalue weighted by atomic mass is 10.1. The van der Waals surface area contributed by atoms with E-state index in [9.17, 15) is 23.1 Å². The van der Waals surface area contributed by atoms with Gasteiger partial charge in [-0.15, -0.1) is 0 Å². The van der Waals surface area contributed by atoms with Gasteiger partial charge in [0.1, 0.15) is 0 Å². The zero-order valence-electron chi connectivity index (χ0n) is 8.71. The highest BCUT2D eigenvalue weighted by molar-refractivity contribution is 5.89. The van der Waals surface area contributed by atoms with Gasteiger partial charge < -0.3 is 9.84 Å². The average Bonchev–Trinajstić information content (AvgIpc) is 2.55. The third kappa shape index (κ3) is 1.84. The van der Waals surface area contributed by atoms with E-state index in [4.69, 9.17) is 0 Å². The minimum absolute atomic E-state index is 0.0637. The van der Waals surface area contributed by atoms with Crippen LogP contribution in [0.2, 0.25) is 0 Å². The lowest BCUT2D eigenvalue weighted by Crippen LogP contribution is -2.56. The normalized spacial score (nSPS) is 25.6. The van der Waals surface area contributed by atoms with Gasteiger partial charge in [0.15, 0.2) is 0 Å². The number of alkyl halides is 3. The lowest BCUT2D eigenvalue weighted by Gasteiger charge is -2.31. The summed E-state index contributed by atoms with van der Waals surface area (Å²) in [4.78, 5) is 11.1. The second kappa shape index (κ2) is 3.93. The van der Waals surface area contributed by atoms with Crippen LogP contribution in [0, 0.1) is 0 Å². The van der Waals surface area contributed by atoms with Crippen molar-refractivity contribution in [1.82, 2.24) is 5.01 Å². The zero-order chi connectivity index (χ0) is 12.6. The molecule has 5 nitrogen and oxygen atoms in total. The van der Waals surface area contributed by atoms with Crippen molar-refractivity contribution in [1.29, 1.82) is 0 Å². The number of carbonyl (C=O) groups is 1. The maximum Gasteiger partial charge on any atom is 0.439 e. The SMILES string of the molecule is CCC1=NN(C(=O)OC)C(O)(C(F)(F)F)C1. The fourth-order valence-electron chi connectivity index (χ4n) is 1.31. The fourth-order valence-corrected chi connectivity index (χ4v) is 1.31. The van der Waals surface area contributed by atoms with Gasteiger partial charge >= 0.3 is 12.3 Å². The molecule has 1 rings (SSSR count). The molecule has 0 spiro atoms. The molecule has 0 saturated heterocycles. The smallest absolute Gasteiger partial charge is 0.439 e. The summed E-state index contributed by atoms with van der Waals surface area (Å²) in [6.07, 6.45) is -6.86. The Morgan fingerprint density at radius 3 is 2.62 bits per heavy atom. The Balaban J connectivity index is 3.08. The summed E-state index contributed by atoms with van der Waals surface area (Å²) in [6.45, 7) is 1.58. The van der Waals surface area contributed by atoms with E-state index >= 15 is 0 Å². The van der Waals surface area contributed by atoms with Crippen LogP contribution in [0.5, 0.6) is 0 Å². The third-order valence-corrected chi connectivity index (χ3v) is 2.25. The van der Waals surface area contributed by atoms with Crippen LogP contribution in [0.1, 0.15) is 19.8 Å². The molecule has 1 heterocycles. The van der Waals surface area contributed by atoms with Gasteiger partial charge in [-0.3, -0.25) is 0 Å². The van der Waals surface area contributed by atoms with E-state index in [-0.39, 0.29) is 17.1 Å². The largest absolute Gasteiger partial charge is 0.451 e. The van der Waals surface area contributed by atoms with Crippen LogP contribution in [0.4, 0.5) is 18.0 Å². The average molecular weight is 240 g/mol. The molecule has 0 bridgehead atoms. The van der Waals surface area contributed by atoms with Gasteiger partial charge in [0, 0.05) is 12.1 Å². The highest BCUT2D eigenvalue weighted by atomic mass is 19.4. The van der Waals surface area contributed by atoms with Crippen LogP contribution < -0.4 is 0 Å². The van der Waals surface area contributed by atoms with E-state index in [1.807, 2.05) is 0 Å². The number of halogens is 3. The number of carbonyl (C=O) groups excluding carboxylic acids is 1. The summed E-state index contributed by atoms with van der Waals surface area (Å²) >= 11 is 0. The lowest BCUT2D eigenvalue weighted by molar-refractivity contribution is -0.299. The van der Waals surface area contributed by atoms with E-state index in [0.717, 1.165) is 7.11 Å². The summed E-state index contributed by atoms with van der Waals surface area (Å²) < 4.78 is 42.0. The minimum Gasteiger partial charge on any atom is -0.451 e. The zero-order valence-corrected chi connectivity index (χ0v) is 8.71. The Hall–Kier alpha value is -1.31. The van der Waals surface area contributed by atoms with Crippen molar-refractivity contribution in [2.24, 2.45) is 5.10 Å². The molecule has 92 valence electrons. The molecule has 8 heteroatoms. The number of hydrogen-bond acceptors (Lipinski definition) is 4.